The first-order chi connectivity index (χ1) is 10.5. The second-order valence-corrected chi connectivity index (χ2v) is 5.67. The van der Waals surface area contributed by atoms with Crippen LogP contribution in [0.25, 0.3) is 0 Å². The van der Waals surface area contributed by atoms with Crippen LogP contribution in [0.3, 0.4) is 0 Å². The average Bonchev–Trinajstić information content (AvgIpc) is 3.02. The van der Waals surface area contributed by atoms with E-state index in [1.165, 1.54) is 0 Å². The second kappa shape index (κ2) is 5.51. The minimum Gasteiger partial charge on any atom is -0.336 e. The van der Waals surface area contributed by atoms with E-state index in [4.69, 9.17) is 0 Å². The number of aryl methyl sites for hydroxylation is 2. The predicted molar refractivity (Wildman–Crippen MR) is 77.3 cm³/mol. The van der Waals surface area contributed by atoms with E-state index in [1.807, 2.05) is 24.7 Å². The summed E-state index contributed by atoms with van der Waals surface area (Å²) in [4.78, 5) is 18.7. The molecule has 22 heavy (non-hydrogen) atoms. The van der Waals surface area contributed by atoms with Crippen molar-refractivity contribution < 1.29 is 13.6 Å². The lowest BCUT2D eigenvalue weighted by Crippen LogP contribution is -2.32. The highest BCUT2D eigenvalue weighted by atomic mass is 19.1. The van der Waals surface area contributed by atoms with Gasteiger partial charge < -0.3 is 9.47 Å². The van der Waals surface area contributed by atoms with Crippen molar-refractivity contribution in [2.75, 3.05) is 6.54 Å². The molecule has 6 heteroatoms. The van der Waals surface area contributed by atoms with Gasteiger partial charge in [-0.1, -0.05) is 0 Å². The van der Waals surface area contributed by atoms with E-state index in [-0.39, 0.29) is 17.5 Å². The van der Waals surface area contributed by atoms with Gasteiger partial charge in [-0.15, -0.1) is 0 Å². The van der Waals surface area contributed by atoms with Crippen LogP contribution in [0.4, 0.5) is 8.78 Å². The van der Waals surface area contributed by atoms with Crippen LogP contribution in [0.5, 0.6) is 0 Å². The number of carbonyl (C=O) groups excluding carboxylic acids is 1. The Morgan fingerprint density at radius 3 is 2.55 bits per heavy atom. The monoisotopic (exact) mass is 305 g/mol. The molecular weight excluding hydrogens is 288 g/mol. The summed E-state index contributed by atoms with van der Waals surface area (Å²) in [6.45, 7) is 2.46. The van der Waals surface area contributed by atoms with E-state index in [2.05, 4.69) is 4.98 Å². The second-order valence-electron chi connectivity index (χ2n) is 5.67. The SMILES string of the molecule is Cc1cn(C)c(C2CCCN2C(=O)c2cc(F)cc(F)c2)n1. The Morgan fingerprint density at radius 2 is 1.95 bits per heavy atom. The molecule has 1 unspecified atom stereocenters. The Balaban J connectivity index is 1.92. The van der Waals surface area contributed by atoms with Crippen molar-refractivity contribution in [3.05, 3.63) is 53.1 Å². The van der Waals surface area contributed by atoms with Crippen LogP contribution < -0.4 is 0 Å². The normalized spacial score (nSPS) is 18.0. The van der Waals surface area contributed by atoms with Crippen LogP contribution in [0.1, 0.15) is 40.8 Å². The summed E-state index contributed by atoms with van der Waals surface area (Å²) in [5, 5.41) is 0. The van der Waals surface area contributed by atoms with Crippen LogP contribution in [-0.4, -0.2) is 26.9 Å². The topological polar surface area (TPSA) is 38.1 Å². The molecule has 0 bridgehead atoms. The van der Waals surface area contributed by atoms with Crippen molar-refractivity contribution in [3.8, 4) is 0 Å². The van der Waals surface area contributed by atoms with Gasteiger partial charge in [0.2, 0.25) is 0 Å². The number of aromatic nitrogens is 2. The zero-order chi connectivity index (χ0) is 15.9. The van der Waals surface area contributed by atoms with Crippen LogP contribution >= 0.6 is 0 Å². The number of hydrogen-bond acceptors (Lipinski definition) is 2. The maximum absolute atomic E-state index is 13.3. The van der Waals surface area contributed by atoms with E-state index in [0.717, 1.165) is 42.6 Å². The third kappa shape index (κ3) is 2.61. The maximum Gasteiger partial charge on any atom is 0.254 e. The van der Waals surface area contributed by atoms with Gasteiger partial charge in [0.15, 0.2) is 0 Å². The van der Waals surface area contributed by atoms with Gasteiger partial charge in [0.25, 0.3) is 5.91 Å². The number of rotatable bonds is 2. The zero-order valence-corrected chi connectivity index (χ0v) is 12.5. The zero-order valence-electron chi connectivity index (χ0n) is 12.5. The Kier molecular flexibility index (Phi) is 3.68. The number of amides is 1. The van der Waals surface area contributed by atoms with Crippen LogP contribution in [0.15, 0.2) is 24.4 Å². The molecule has 1 atom stereocenters. The highest BCUT2D eigenvalue weighted by molar-refractivity contribution is 5.94. The van der Waals surface area contributed by atoms with Gasteiger partial charge >= 0.3 is 0 Å². The van der Waals surface area contributed by atoms with Crippen molar-refractivity contribution in [1.82, 2.24) is 14.5 Å². The largest absolute Gasteiger partial charge is 0.336 e. The molecule has 0 N–H and O–H groups in total. The van der Waals surface area contributed by atoms with Gasteiger partial charge in [-0.05, 0) is 31.9 Å². The molecule has 1 aliphatic heterocycles. The third-order valence-electron chi connectivity index (χ3n) is 3.95. The molecule has 1 aliphatic rings. The summed E-state index contributed by atoms with van der Waals surface area (Å²) >= 11 is 0. The van der Waals surface area contributed by atoms with Crippen molar-refractivity contribution in [2.45, 2.75) is 25.8 Å². The molecule has 2 heterocycles. The highest BCUT2D eigenvalue weighted by Crippen LogP contribution is 2.32. The summed E-state index contributed by atoms with van der Waals surface area (Å²) in [7, 11) is 1.89. The fraction of sp³-hybridized carbons (Fsp3) is 0.375. The molecular formula is C16H17F2N3O. The van der Waals surface area contributed by atoms with Crippen molar-refractivity contribution in [1.29, 1.82) is 0 Å². The van der Waals surface area contributed by atoms with E-state index in [1.54, 1.807) is 4.90 Å². The molecule has 0 radical (unpaired) electrons. The number of halogens is 2. The molecule has 0 aliphatic carbocycles. The molecule has 1 aromatic carbocycles. The maximum atomic E-state index is 13.3. The fourth-order valence-electron chi connectivity index (χ4n) is 3.07. The van der Waals surface area contributed by atoms with Gasteiger partial charge in [0.1, 0.15) is 17.5 Å². The Bertz CT molecular complexity index is 706. The molecule has 1 amide bonds. The number of benzene rings is 1. The average molecular weight is 305 g/mol. The van der Waals surface area contributed by atoms with Crippen molar-refractivity contribution in [3.63, 3.8) is 0 Å². The number of hydrogen-bond donors (Lipinski definition) is 0. The van der Waals surface area contributed by atoms with E-state index in [9.17, 15) is 13.6 Å². The standard InChI is InChI=1S/C16H17F2N3O/c1-10-9-20(2)15(19-10)14-4-3-5-21(14)16(22)11-6-12(17)8-13(18)7-11/h6-9,14H,3-5H2,1-2H3. The Hall–Kier alpha value is -2.24. The first-order valence-corrected chi connectivity index (χ1v) is 7.22. The highest BCUT2D eigenvalue weighted by Gasteiger charge is 2.33. The molecule has 116 valence electrons. The van der Waals surface area contributed by atoms with E-state index < -0.39 is 11.6 Å². The van der Waals surface area contributed by atoms with E-state index >= 15 is 0 Å². The van der Waals surface area contributed by atoms with Crippen LogP contribution in [0.2, 0.25) is 0 Å². The minimum atomic E-state index is -0.744. The quantitative estimate of drug-likeness (QED) is 0.855. The summed E-state index contributed by atoms with van der Waals surface area (Å²) in [5.41, 5.74) is 0.920. The molecule has 2 aromatic rings. The van der Waals surface area contributed by atoms with Crippen LogP contribution in [-0.2, 0) is 7.05 Å². The molecule has 3 rings (SSSR count). The molecule has 4 nitrogen and oxygen atoms in total. The third-order valence-corrected chi connectivity index (χ3v) is 3.95. The Morgan fingerprint density at radius 1 is 1.27 bits per heavy atom. The van der Waals surface area contributed by atoms with Gasteiger partial charge in [-0.2, -0.15) is 0 Å². The summed E-state index contributed by atoms with van der Waals surface area (Å²) in [6.07, 6.45) is 3.55. The summed E-state index contributed by atoms with van der Waals surface area (Å²) in [6, 6.07) is 2.76. The lowest BCUT2D eigenvalue weighted by Gasteiger charge is -2.24. The smallest absolute Gasteiger partial charge is 0.254 e. The van der Waals surface area contributed by atoms with Crippen LogP contribution in [0, 0.1) is 18.6 Å². The molecule has 1 aromatic heterocycles. The van der Waals surface area contributed by atoms with Gasteiger partial charge in [0.05, 0.1) is 11.7 Å². The molecule has 1 fully saturated rings. The first kappa shape index (κ1) is 14.7. The Labute approximate surface area is 127 Å². The van der Waals surface area contributed by atoms with E-state index in [0.29, 0.717) is 6.54 Å². The minimum absolute atomic E-state index is 0.0373. The van der Waals surface area contributed by atoms with Gasteiger partial charge in [-0.3, -0.25) is 4.79 Å². The predicted octanol–water partition coefficient (Wildman–Crippen LogP) is 2.98. The summed E-state index contributed by atoms with van der Waals surface area (Å²) in [5.74, 6) is -1.04. The van der Waals surface area contributed by atoms with Crippen molar-refractivity contribution >= 4 is 5.91 Å². The summed E-state index contributed by atoms with van der Waals surface area (Å²) < 4.78 is 28.6. The van der Waals surface area contributed by atoms with Gasteiger partial charge in [-0.25, -0.2) is 13.8 Å². The number of carbonyl (C=O) groups is 1. The molecule has 0 spiro atoms. The van der Waals surface area contributed by atoms with Crippen molar-refractivity contribution in [2.24, 2.45) is 7.05 Å². The number of nitrogens with zero attached hydrogens (tertiary/aromatic N) is 3. The number of likely N-dealkylation sites (tertiary alicyclic amines) is 1. The van der Waals surface area contributed by atoms with Gasteiger partial charge in [0, 0.05) is 31.4 Å². The molecule has 1 saturated heterocycles. The number of imidazole rings is 1. The fourth-order valence-corrected chi connectivity index (χ4v) is 3.07. The lowest BCUT2D eigenvalue weighted by molar-refractivity contribution is 0.0727. The molecule has 0 saturated carbocycles. The lowest BCUT2D eigenvalue weighted by atomic mass is 10.1. The first-order valence-electron chi connectivity index (χ1n) is 7.22.